The fraction of sp³-hybridized carbons (Fsp3) is 0.304. The van der Waals surface area contributed by atoms with Crippen molar-refractivity contribution in [3.8, 4) is 11.5 Å². The number of carbonyl (C=O) groups is 2. The fourth-order valence-electron chi connectivity index (χ4n) is 3.52. The molecule has 0 unspecified atom stereocenters. The highest BCUT2D eigenvalue weighted by Crippen LogP contribution is 2.35. The summed E-state index contributed by atoms with van der Waals surface area (Å²) in [4.78, 5) is 26.5. The predicted octanol–water partition coefficient (Wildman–Crippen LogP) is 2.50. The number of ketones is 1. The molecule has 0 aliphatic carbocycles. The van der Waals surface area contributed by atoms with Crippen LogP contribution in [-0.2, 0) is 4.74 Å². The molecule has 4 rings (SSSR count). The molecule has 0 aromatic heterocycles. The van der Waals surface area contributed by atoms with Gasteiger partial charge in [-0.3, -0.25) is 14.5 Å². The first-order valence-corrected chi connectivity index (χ1v) is 10.0. The Labute approximate surface area is 175 Å². The van der Waals surface area contributed by atoms with Crippen molar-refractivity contribution in [3.05, 3.63) is 64.9 Å². The number of hydrogen-bond donors (Lipinski definition) is 1. The molecule has 0 bridgehead atoms. The molecular formula is C23H24N2O5. The normalized spacial score (nSPS) is 17.6. The van der Waals surface area contributed by atoms with Crippen LogP contribution in [0.5, 0.6) is 11.5 Å². The summed E-state index contributed by atoms with van der Waals surface area (Å²) in [6.07, 6.45) is 2.60. The van der Waals surface area contributed by atoms with E-state index in [1.165, 1.54) is 0 Å². The number of benzene rings is 2. The van der Waals surface area contributed by atoms with Crippen molar-refractivity contribution in [3.63, 3.8) is 0 Å². The number of para-hydroxylation sites is 1. The quantitative estimate of drug-likeness (QED) is 0.559. The van der Waals surface area contributed by atoms with Gasteiger partial charge in [-0.25, -0.2) is 0 Å². The van der Waals surface area contributed by atoms with Gasteiger partial charge in [0.05, 0.1) is 30.9 Å². The number of ether oxygens (including phenoxy) is 3. The molecule has 156 valence electrons. The summed E-state index contributed by atoms with van der Waals surface area (Å²) in [6, 6.07) is 12.2. The van der Waals surface area contributed by atoms with Gasteiger partial charge in [0.1, 0.15) is 5.75 Å². The van der Waals surface area contributed by atoms with Crippen LogP contribution >= 0.6 is 0 Å². The van der Waals surface area contributed by atoms with E-state index in [0.717, 1.165) is 50.6 Å². The summed E-state index contributed by atoms with van der Waals surface area (Å²) in [7, 11) is 0. The van der Waals surface area contributed by atoms with Crippen molar-refractivity contribution in [1.29, 1.82) is 0 Å². The number of nitrogens with two attached hydrogens (primary N) is 1. The van der Waals surface area contributed by atoms with Crippen molar-refractivity contribution in [2.24, 2.45) is 5.73 Å². The van der Waals surface area contributed by atoms with Crippen molar-refractivity contribution >= 4 is 17.8 Å². The van der Waals surface area contributed by atoms with E-state index in [1.54, 1.807) is 24.3 Å². The Morgan fingerprint density at radius 1 is 1.13 bits per heavy atom. The maximum absolute atomic E-state index is 12.6. The van der Waals surface area contributed by atoms with Gasteiger partial charge in [-0.1, -0.05) is 18.2 Å². The Morgan fingerprint density at radius 3 is 2.63 bits per heavy atom. The largest absolute Gasteiger partial charge is 0.494 e. The minimum absolute atomic E-state index is 0.165. The van der Waals surface area contributed by atoms with Gasteiger partial charge in [-0.05, 0) is 42.3 Å². The van der Waals surface area contributed by atoms with E-state index in [0.29, 0.717) is 12.2 Å². The Hall–Kier alpha value is -3.16. The predicted molar refractivity (Wildman–Crippen MR) is 112 cm³/mol. The second-order valence-corrected chi connectivity index (χ2v) is 7.21. The van der Waals surface area contributed by atoms with E-state index < -0.39 is 5.91 Å². The first-order chi connectivity index (χ1) is 14.6. The summed E-state index contributed by atoms with van der Waals surface area (Å²) < 4.78 is 16.8. The topological polar surface area (TPSA) is 91.1 Å². The third kappa shape index (κ3) is 4.53. The van der Waals surface area contributed by atoms with Gasteiger partial charge >= 0.3 is 0 Å². The zero-order chi connectivity index (χ0) is 20.9. The highest BCUT2D eigenvalue weighted by Gasteiger charge is 2.30. The van der Waals surface area contributed by atoms with Crippen LogP contribution in [-0.4, -0.2) is 56.0 Å². The highest BCUT2D eigenvalue weighted by atomic mass is 16.5. The second-order valence-electron chi connectivity index (χ2n) is 7.21. The number of morpholine rings is 1. The molecule has 2 N–H and O–H groups in total. The molecule has 0 saturated carbocycles. The summed E-state index contributed by atoms with van der Waals surface area (Å²) in [6.45, 7) is 5.22. The maximum Gasteiger partial charge on any atom is 0.252 e. The van der Waals surface area contributed by atoms with Gasteiger partial charge < -0.3 is 19.9 Å². The zero-order valence-corrected chi connectivity index (χ0v) is 16.6. The van der Waals surface area contributed by atoms with E-state index >= 15 is 0 Å². The molecule has 2 aromatic carbocycles. The lowest BCUT2D eigenvalue weighted by atomic mass is 10.1. The van der Waals surface area contributed by atoms with Crippen LogP contribution in [0.15, 0.2) is 48.2 Å². The molecule has 2 aliphatic heterocycles. The zero-order valence-electron chi connectivity index (χ0n) is 16.6. The molecule has 30 heavy (non-hydrogen) atoms. The van der Waals surface area contributed by atoms with Crippen LogP contribution in [0.25, 0.3) is 6.08 Å². The van der Waals surface area contributed by atoms with Gasteiger partial charge in [-0.2, -0.15) is 0 Å². The lowest BCUT2D eigenvalue weighted by Gasteiger charge is -2.26. The van der Waals surface area contributed by atoms with Gasteiger partial charge in [0, 0.05) is 19.6 Å². The molecule has 2 aliphatic rings. The van der Waals surface area contributed by atoms with Crippen molar-refractivity contribution in [2.45, 2.75) is 6.42 Å². The minimum atomic E-state index is -0.629. The van der Waals surface area contributed by atoms with E-state index in [1.807, 2.05) is 24.3 Å². The van der Waals surface area contributed by atoms with Gasteiger partial charge in [0.25, 0.3) is 5.91 Å². The molecule has 0 radical (unpaired) electrons. The number of amides is 1. The summed E-state index contributed by atoms with van der Waals surface area (Å²) in [5.41, 5.74) is 6.71. The lowest BCUT2D eigenvalue weighted by molar-refractivity contribution is 0.0358. The highest BCUT2D eigenvalue weighted by molar-refractivity contribution is 6.16. The Morgan fingerprint density at radius 2 is 1.90 bits per heavy atom. The number of carbonyl (C=O) groups excluding carboxylic acids is 2. The number of Topliss-reactive ketones (excluding diaryl/α,β-unsaturated/α-hetero) is 1. The van der Waals surface area contributed by atoms with Crippen LogP contribution < -0.4 is 15.2 Å². The number of allylic oxidation sites excluding steroid dienone is 1. The van der Waals surface area contributed by atoms with E-state index in [9.17, 15) is 9.59 Å². The van der Waals surface area contributed by atoms with E-state index in [-0.39, 0.29) is 22.9 Å². The van der Waals surface area contributed by atoms with Crippen molar-refractivity contribution in [1.82, 2.24) is 4.90 Å². The van der Waals surface area contributed by atoms with Gasteiger partial charge in [-0.15, -0.1) is 0 Å². The van der Waals surface area contributed by atoms with Gasteiger partial charge in [0.15, 0.2) is 11.5 Å². The first-order valence-electron chi connectivity index (χ1n) is 10.0. The van der Waals surface area contributed by atoms with E-state index in [2.05, 4.69) is 4.90 Å². The molecule has 7 nitrogen and oxygen atoms in total. The third-order valence-electron chi connectivity index (χ3n) is 5.13. The van der Waals surface area contributed by atoms with Crippen LogP contribution in [0.4, 0.5) is 0 Å². The van der Waals surface area contributed by atoms with E-state index in [4.69, 9.17) is 19.9 Å². The van der Waals surface area contributed by atoms with Crippen LogP contribution in [0.2, 0.25) is 0 Å². The summed E-state index contributed by atoms with van der Waals surface area (Å²) >= 11 is 0. The number of primary amides is 1. The summed E-state index contributed by atoms with van der Waals surface area (Å²) in [5, 5.41) is 0. The van der Waals surface area contributed by atoms with Crippen LogP contribution in [0, 0.1) is 0 Å². The summed E-state index contributed by atoms with van der Waals surface area (Å²) in [5.74, 6) is 0.268. The maximum atomic E-state index is 12.6. The average molecular weight is 408 g/mol. The van der Waals surface area contributed by atoms with Crippen molar-refractivity contribution < 1.29 is 23.8 Å². The Balaban J connectivity index is 1.34. The molecule has 7 heteroatoms. The standard InChI is InChI=1S/C23H24N2O5/c24-23(27)19-4-1-3-18-21(26)20(30-22(18)19)15-16-5-7-17(8-6-16)29-12-2-9-25-10-13-28-14-11-25/h1,3-8,15H,2,9-14H2,(H2,24,27)/b20-15-. The fourth-order valence-corrected chi connectivity index (χ4v) is 3.52. The molecule has 1 amide bonds. The van der Waals surface area contributed by atoms with Crippen LogP contribution in [0.1, 0.15) is 32.7 Å². The minimum Gasteiger partial charge on any atom is -0.494 e. The molecule has 1 fully saturated rings. The molecule has 2 heterocycles. The van der Waals surface area contributed by atoms with Crippen LogP contribution in [0.3, 0.4) is 0 Å². The second kappa shape index (κ2) is 9.11. The Kier molecular flexibility index (Phi) is 6.11. The molecule has 0 atom stereocenters. The lowest BCUT2D eigenvalue weighted by Crippen LogP contribution is -2.37. The Bertz CT molecular complexity index is 962. The number of hydrogen-bond acceptors (Lipinski definition) is 6. The number of nitrogens with zero attached hydrogens (tertiary/aromatic N) is 1. The number of fused-ring (bicyclic) bond motifs is 1. The smallest absolute Gasteiger partial charge is 0.252 e. The third-order valence-corrected chi connectivity index (χ3v) is 5.13. The molecule has 1 saturated heterocycles. The molecular weight excluding hydrogens is 384 g/mol. The molecule has 0 spiro atoms. The van der Waals surface area contributed by atoms with Crippen molar-refractivity contribution in [2.75, 3.05) is 39.5 Å². The first kappa shape index (κ1) is 20.1. The monoisotopic (exact) mass is 408 g/mol. The SMILES string of the molecule is NC(=O)c1cccc2c1O/C(=C\c1ccc(OCCCN3CCOCC3)cc1)C2=O. The molecule has 2 aromatic rings. The average Bonchev–Trinajstić information content (AvgIpc) is 3.08. The number of rotatable bonds is 7. The van der Waals surface area contributed by atoms with Gasteiger partial charge in [0.2, 0.25) is 5.78 Å².